The van der Waals surface area contributed by atoms with Gasteiger partial charge in [-0.25, -0.2) is 9.78 Å². The van der Waals surface area contributed by atoms with E-state index in [1.165, 1.54) is 28.2 Å². The van der Waals surface area contributed by atoms with Gasteiger partial charge in [0.25, 0.3) is 5.91 Å². The molecule has 0 aliphatic heterocycles. The van der Waals surface area contributed by atoms with Gasteiger partial charge in [-0.2, -0.15) is 0 Å². The third-order valence-corrected chi connectivity index (χ3v) is 8.19. The van der Waals surface area contributed by atoms with Gasteiger partial charge in [0, 0.05) is 27.0 Å². The Kier molecular flexibility index (Phi) is 6.53. The molecule has 0 radical (unpaired) electrons. The number of nitrogens with one attached hydrogen (secondary N) is 1. The number of carbonyl (C=O) groups excluding carboxylic acids is 2. The average molecular weight is 526 g/mol. The highest BCUT2D eigenvalue weighted by Crippen LogP contribution is 2.39. The maximum Gasteiger partial charge on any atom is 0.342 e. The first-order valence-corrected chi connectivity index (χ1v) is 13.5. The maximum atomic E-state index is 13.3. The average Bonchev–Trinajstić information content (AvgIpc) is 3.38. The van der Waals surface area contributed by atoms with Gasteiger partial charge in [-0.05, 0) is 68.9 Å². The number of fused-ring (bicyclic) bond motifs is 2. The minimum atomic E-state index is -0.500. The van der Waals surface area contributed by atoms with E-state index in [2.05, 4.69) is 11.4 Å². The molecular formula is C26H24ClN3O3S2. The highest BCUT2D eigenvalue weighted by Gasteiger charge is 2.26. The minimum absolute atomic E-state index is 0.306. The van der Waals surface area contributed by atoms with Crippen molar-refractivity contribution >= 4 is 67.1 Å². The van der Waals surface area contributed by atoms with Crippen LogP contribution in [0.3, 0.4) is 0 Å². The number of hydrogen-bond acceptors (Lipinski definition) is 7. The Balaban J connectivity index is 1.51. The number of ether oxygens (including phenoxy) is 1. The third kappa shape index (κ3) is 4.66. The first-order valence-electron chi connectivity index (χ1n) is 11.4. The number of carbonyl (C=O) groups is 2. The molecule has 0 saturated heterocycles. The normalized spacial score (nSPS) is 13.1. The van der Waals surface area contributed by atoms with Crippen LogP contribution < -0.4 is 11.1 Å². The van der Waals surface area contributed by atoms with Crippen molar-refractivity contribution in [1.82, 2.24) is 4.98 Å². The fourth-order valence-corrected chi connectivity index (χ4v) is 6.33. The van der Waals surface area contributed by atoms with Gasteiger partial charge in [0.2, 0.25) is 0 Å². The first-order chi connectivity index (χ1) is 16.8. The summed E-state index contributed by atoms with van der Waals surface area (Å²) in [6.45, 7) is 3.57. The Labute approximate surface area is 216 Å². The number of esters is 1. The second-order valence-corrected chi connectivity index (χ2v) is 11.1. The number of pyridine rings is 1. The lowest BCUT2D eigenvalue weighted by atomic mass is 9.95. The Hall–Kier alpha value is -2.94. The fourth-order valence-electron chi connectivity index (χ4n) is 4.26. The van der Waals surface area contributed by atoms with Gasteiger partial charge >= 0.3 is 5.97 Å². The Morgan fingerprint density at radius 2 is 1.91 bits per heavy atom. The van der Waals surface area contributed by atoms with Gasteiger partial charge in [0.15, 0.2) is 0 Å². The van der Waals surface area contributed by atoms with Crippen LogP contribution in [0.1, 0.15) is 58.0 Å². The molecule has 3 N–H and O–H groups in total. The van der Waals surface area contributed by atoms with E-state index in [0.29, 0.717) is 31.7 Å². The lowest BCUT2D eigenvalue weighted by Gasteiger charge is -2.14. The summed E-state index contributed by atoms with van der Waals surface area (Å²) >= 11 is 8.59. The highest BCUT2D eigenvalue weighted by atomic mass is 35.5. The van der Waals surface area contributed by atoms with Crippen LogP contribution in [0.5, 0.6) is 0 Å². The molecule has 180 valence electrons. The number of aromatic nitrogens is 1. The van der Waals surface area contributed by atoms with Gasteiger partial charge in [-0.3, -0.25) is 4.79 Å². The van der Waals surface area contributed by atoms with Gasteiger partial charge in [0.05, 0.1) is 11.8 Å². The summed E-state index contributed by atoms with van der Waals surface area (Å²) in [6, 6.07) is 9.26. The lowest BCUT2D eigenvalue weighted by molar-refractivity contribution is 0.0380. The molecule has 3 heterocycles. The van der Waals surface area contributed by atoms with E-state index in [1.54, 1.807) is 26.0 Å². The number of nitrogens with zero attached hydrogens (tertiary/aromatic N) is 1. The molecule has 3 aromatic heterocycles. The molecule has 0 bridgehead atoms. The van der Waals surface area contributed by atoms with Crippen LogP contribution in [0.15, 0.2) is 35.7 Å². The van der Waals surface area contributed by atoms with Crippen molar-refractivity contribution in [1.29, 1.82) is 0 Å². The first kappa shape index (κ1) is 23.8. The topological polar surface area (TPSA) is 94.3 Å². The van der Waals surface area contributed by atoms with Gasteiger partial charge in [-0.1, -0.05) is 23.7 Å². The minimum Gasteiger partial charge on any atom is -0.459 e. The van der Waals surface area contributed by atoms with Crippen LogP contribution >= 0.6 is 34.3 Å². The number of benzene rings is 1. The van der Waals surface area contributed by atoms with Crippen LogP contribution in [-0.4, -0.2) is 23.0 Å². The third-order valence-electron chi connectivity index (χ3n) is 5.93. The molecule has 35 heavy (non-hydrogen) atoms. The monoisotopic (exact) mass is 525 g/mol. The number of hydrogen-bond donors (Lipinski definition) is 2. The smallest absolute Gasteiger partial charge is 0.342 e. The predicted molar refractivity (Wildman–Crippen MR) is 144 cm³/mol. The molecule has 0 unspecified atom stereocenters. The SMILES string of the molecule is CC(C)OC(=O)c1c(-c2ccc(Cl)cc2)csc1NC(=O)c1sc2nc3c(cc2c1N)CCCC3. The van der Waals surface area contributed by atoms with E-state index in [0.717, 1.165) is 47.2 Å². The zero-order valence-electron chi connectivity index (χ0n) is 19.3. The Bertz CT molecular complexity index is 1440. The highest BCUT2D eigenvalue weighted by molar-refractivity contribution is 7.21. The van der Waals surface area contributed by atoms with Gasteiger partial charge < -0.3 is 15.8 Å². The predicted octanol–water partition coefficient (Wildman–Crippen LogP) is 6.96. The van der Waals surface area contributed by atoms with E-state index in [9.17, 15) is 9.59 Å². The molecule has 0 spiro atoms. The summed E-state index contributed by atoms with van der Waals surface area (Å²) in [6.07, 6.45) is 3.90. The van der Waals surface area contributed by atoms with Crippen molar-refractivity contribution in [2.24, 2.45) is 0 Å². The second kappa shape index (κ2) is 9.60. The Morgan fingerprint density at radius 3 is 2.66 bits per heavy atom. The summed E-state index contributed by atoms with van der Waals surface area (Å²) in [5.74, 6) is -0.869. The van der Waals surface area contributed by atoms with Crippen LogP contribution in [0.4, 0.5) is 10.7 Å². The van der Waals surface area contributed by atoms with Crippen molar-refractivity contribution in [2.75, 3.05) is 11.1 Å². The molecule has 1 aliphatic carbocycles. The summed E-state index contributed by atoms with van der Waals surface area (Å²) in [5, 5.41) is 6.56. The largest absolute Gasteiger partial charge is 0.459 e. The quantitative estimate of drug-likeness (QED) is 0.275. The molecule has 6 nitrogen and oxygen atoms in total. The van der Waals surface area contributed by atoms with E-state index in [-0.39, 0.29) is 12.0 Å². The molecule has 1 aliphatic rings. The van der Waals surface area contributed by atoms with Gasteiger partial charge in [-0.15, -0.1) is 22.7 Å². The van der Waals surface area contributed by atoms with Crippen LogP contribution in [0, 0.1) is 0 Å². The molecular weight excluding hydrogens is 502 g/mol. The summed E-state index contributed by atoms with van der Waals surface area (Å²) in [4.78, 5) is 32.3. The molecule has 1 amide bonds. The maximum absolute atomic E-state index is 13.3. The number of rotatable bonds is 5. The zero-order valence-corrected chi connectivity index (χ0v) is 21.7. The van der Waals surface area contributed by atoms with Crippen molar-refractivity contribution in [3.63, 3.8) is 0 Å². The van der Waals surface area contributed by atoms with Crippen LogP contribution in [0.2, 0.25) is 5.02 Å². The summed E-state index contributed by atoms with van der Waals surface area (Å²) in [7, 11) is 0. The van der Waals surface area contributed by atoms with Gasteiger partial charge in [0.1, 0.15) is 20.3 Å². The zero-order chi connectivity index (χ0) is 24.7. The van der Waals surface area contributed by atoms with Crippen LogP contribution in [0.25, 0.3) is 21.3 Å². The molecule has 4 aromatic rings. The number of anilines is 2. The van der Waals surface area contributed by atoms with Crippen molar-refractivity contribution in [2.45, 2.75) is 45.6 Å². The van der Waals surface area contributed by atoms with Crippen molar-refractivity contribution in [3.8, 4) is 11.1 Å². The molecule has 1 aromatic carbocycles. The van der Waals surface area contributed by atoms with Crippen molar-refractivity contribution < 1.29 is 14.3 Å². The number of thiophene rings is 2. The molecule has 5 rings (SSSR count). The van der Waals surface area contributed by atoms with E-state index >= 15 is 0 Å². The molecule has 0 saturated carbocycles. The number of nitrogens with two attached hydrogens (primary N) is 1. The summed E-state index contributed by atoms with van der Waals surface area (Å²) < 4.78 is 5.50. The summed E-state index contributed by atoms with van der Waals surface area (Å²) in [5.41, 5.74) is 10.9. The lowest BCUT2D eigenvalue weighted by Crippen LogP contribution is -2.16. The molecule has 0 fully saturated rings. The fraction of sp³-hybridized carbons (Fsp3) is 0.269. The van der Waals surface area contributed by atoms with E-state index in [1.807, 2.05) is 17.5 Å². The van der Waals surface area contributed by atoms with E-state index < -0.39 is 5.97 Å². The second-order valence-electron chi connectivity index (χ2n) is 8.77. The number of amides is 1. The number of aryl methyl sites for hydroxylation is 2. The molecule has 9 heteroatoms. The van der Waals surface area contributed by atoms with E-state index in [4.69, 9.17) is 27.1 Å². The van der Waals surface area contributed by atoms with Crippen LogP contribution in [-0.2, 0) is 17.6 Å². The molecule has 0 atom stereocenters. The number of halogens is 1. The van der Waals surface area contributed by atoms with Crippen molar-refractivity contribution in [3.05, 3.63) is 62.4 Å². The number of nitrogen functional groups attached to an aromatic ring is 1. The Morgan fingerprint density at radius 1 is 1.17 bits per heavy atom. The standard InChI is InChI=1S/C26H24ClN3O3S2/c1-13(2)33-26(32)20-18(14-7-9-16(27)10-8-14)12-34-25(20)30-23(31)22-21(28)17-11-15-5-3-4-6-19(15)29-24(17)35-22/h7-13H,3-6,28H2,1-2H3,(H,30,31).